The normalized spacial score (nSPS) is 10.8. The lowest BCUT2D eigenvalue weighted by atomic mass is 10.1. The minimum Gasteiger partial charge on any atom is -0.504 e. The summed E-state index contributed by atoms with van der Waals surface area (Å²) in [6.45, 7) is 2.23. The maximum atomic E-state index is 11.0. The predicted octanol–water partition coefficient (Wildman–Crippen LogP) is 4.42. The van der Waals surface area contributed by atoms with E-state index in [0.717, 1.165) is 12.8 Å². The van der Waals surface area contributed by atoms with Gasteiger partial charge < -0.3 is 9.52 Å². The van der Waals surface area contributed by atoms with Crippen LogP contribution in [0, 0.1) is 0 Å². The molecule has 1 aromatic rings. The summed E-state index contributed by atoms with van der Waals surface area (Å²) in [5.74, 6) is 0.523. The Labute approximate surface area is 115 Å². The molecule has 0 unspecified atom stereocenters. The Morgan fingerprint density at radius 3 is 2.16 bits per heavy atom. The molecule has 0 amide bonds. The zero-order valence-corrected chi connectivity index (χ0v) is 12.0. The first-order valence-corrected chi connectivity index (χ1v) is 7.56. The van der Waals surface area contributed by atoms with Crippen molar-refractivity contribution in [3.63, 3.8) is 0 Å². The van der Waals surface area contributed by atoms with Crippen LogP contribution in [0.15, 0.2) is 21.3 Å². The first-order valence-electron chi connectivity index (χ1n) is 7.56. The van der Waals surface area contributed by atoms with E-state index in [4.69, 9.17) is 4.42 Å². The van der Waals surface area contributed by atoms with Gasteiger partial charge in [0.1, 0.15) is 5.76 Å². The van der Waals surface area contributed by atoms with Crippen molar-refractivity contribution in [2.75, 3.05) is 0 Å². The molecule has 3 nitrogen and oxygen atoms in total. The third kappa shape index (κ3) is 7.04. The van der Waals surface area contributed by atoms with Gasteiger partial charge in [0.25, 0.3) is 0 Å². The largest absolute Gasteiger partial charge is 0.504 e. The van der Waals surface area contributed by atoms with Gasteiger partial charge in [-0.25, -0.2) is 4.79 Å². The number of hydrogen-bond acceptors (Lipinski definition) is 3. The Balaban J connectivity index is 2.04. The van der Waals surface area contributed by atoms with Gasteiger partial charge in [-0.3, -0.25) is 0 Å². The van der Waals surface area contributed by atoms with Gasteiger partial charge in [0, 0.05) is 12.5 Å². The molecule has 108 valence electrons. The lowest BCUT2D eigenvalue weighted by Crippen LogP contribution is -1.99. The zero-order valence-electron chi connectivity index (χ0n) is 12.0. The van der Waals surface area contributed by atoms with E-state index >= 15 is 0 Å². The number of unbranched alkanes of at least 4 members (excludes halogenated alkanes) is 8. The Bertz CT molecular complexity index is 395. The van der Waals surface area contributed by atoms with Crippen LogP contribution in [0.25, 0.3) is 0 Å². The van der Waals surface area contributed by atoms with E-state index < -0.39 is 0 Å². The molecule has 0 saturated heterocycles. The molecule has 1 rings (SSSR count). The molecule has 0 aliphatic heterocycles. The van der Waals surface area contributed by atoms with Crippen LogP contribution >= 0.6 is 0 Å². The second-order valence-corrected chi connectivity index (χ2v) is 5.14. The SMILES string of the molecule is CCCCCCCCCCCc1oc(=O)ccc1O. The Kier molecular flexibility index (Phi) is 8.03. The molecule has 1 aromatic heterocycles. The van der Waals surface area contributed by atoms with Crippen LogP contribution < -0.4 is 5.63 Å². The van der Waals surface area contributed by atoms with E-state index in [0.29, 0.717) is 12.2 Å². The Morgan fingerprint density at radius 1 is 0.947 bits per heavy atom. The fourth-order valence-electron chi connectivity index (χ4n) is 2.22. The molecular weight excluding hydrogens is 240 g/mol. The predicted molar refractivity (Wildman–Crippen MR) is 77.6 cm³/mol. The molecule has 0 aliphatic carbocycles. The number of rotatable bonds is 10. The van der Waals surface area contributed by atoms with Crippen molar-refractivity contribution < 1.29 is 9.52 Å². The fraction of sp³-hybridized carbons (Fsp3) is 0.688. The molecule has 0 radical (unpaired) electrons. The van der Waals surface area contributed by atoms with Crippen molar-refractivity contribution in [1.29, 1.82) is 0 Å². The standard InChI is InChI=1S/C16H26O3/c1-2-3-4-5-6-7-8-9-10-11-15-14(17)12-13-16(18)19-15/h12-13,17H,2-11H2,1H3. The molecule has 0 saturated carbocycles. The molecule has 0 atom stereocenters. The zero-order chi connectivity index (χ0) is 13.9. The lowest BCUT2D eigenvalue weighted by Gasteiger charge is -2.03. The smallest absolute Gasteiger partial charge is 0.336 e. The topological polar surface area (TPSA) is 50.4 Å². The van der Waals surface area contributed by atoms with Crippen molar-refractivity contribution in [1.82, 2.24) is 0 Å². The number of aryl methyl sites for hydroxylation is 1. The second kappa shape index (κ2) is 9.65. The highest BCUT2D eigenvalue weighted by Gasteiger charge is 2.04. The van der Waals surface area contributed by atoms with Gasteiger partial charge in [-0.2, -0.15) is 0 Å². The van der Waals surface area contributed by atoms with Crippen LogP contribution in [-0.4, -0.2) is 5.11 Å². The van der Waals surface area contributed by atoms with Gasteiger partial charge in [-0.1, -0.05) is 58.3 Å². The maximum absolute atomic E-state index is 11.0. The molecule has 0 aromatic carbocycles. The van der Waals surface area contributed by atoms with E-state index in [1.54, 1.807) is 0 Å². The van der Waals surface area contributed by atoms with Gasteiger partial charge in [0.2, 0.25) is 0 Å². The quantitative estimate of drug-likeness (QED) is 0.638. The molecule has 3 heteroatoms. The summed E-state index contributed by atoms with van der Waals surface area (Å²) in [6, 6.07) is 2.66. The van der Waals surface area contributed by atoms with Gasteiger partial charge in [-0.05, 0) is 12.5 Å². The van der Waals surface area contributed by atoms with Gasteiger partial charge in [0.15, 0.2) is 5.75 Å². The molecular formula is C16H26O3. The third-order valence-corrected chi connectivity index (χ3v) is 3.39. The van der Waals surface area contributed by atoms with E-state index in [1.807, 2.05) is 0 Å². The van der Waals surface area contributed by atoms with E-state index in [2.05, 4.69) is 6.92 Å². The van der Waals surface area contributed by atoms with Crippen LogP contribution in [-0.2, 0) is 6.42 Å². The summed E-state index contributed by atoms with van der Waals surface area (Å²) in [6.07, 6.45) is 11.9. The average Bonchev–Trinajstić information content (AvgIpc) is 2.40. The number of aromatic hydroxyl groups is 1. The van der Waals surface area contributed by atoms with Gasteiger partial charge >= 0.3 is 5.63 Å². The highest BCUT2D eigenvalue weighted by molar-refractivity contribution is 5.22. The maximum Gasteiger partial charge on any atom is 0.336 e. The summed E-state index contributed by atoms with van der Waals surface area (Å²) in [5.41, 5.74) is -0.385. The first kappa shape index (κ1) is 15.8. The molecule has 0 bridgehead atoms. The van der Waals surface area contributed by atoms with E-state index in [9.17, 15) is 9.90 Å². The summed E-state index contributed by atoms with van der Waals surface area (Å²) in [5, 5.41) is 9.53. The van der Waals surface area contributed by atoms with Crippen LogP contribution in [0.5, 0.6) is 5.75 Å². The third-order valence-electron chi connectivity index (χ3n) is 3.39. The van der Waals surface area contributed by atoms with Crippen LogP contribution in [0.1, 0.15) is 70.5 Å². The highest BCUT2D eigenvalue weighted by atomic mass is 16.4. The minimum atomic E-state index is -0.385. The van der Waals surface area contributed by atoms with Crippen molar-refractivity contribution in [3.05, 3.63) is 28.3 Å². The molecule has 1 N–H and O–H groups in total. The molecule has 1 heterocycles. The monoisotopic (exact) mass is 266 g/mol. The van der Waals surface area contributed by atoms with Crippen molar-refractivity contribution in [2.24, 2.45) is 0 Å². The van der Waals surface area contributed by atoms with Crippen molar-refractivity contribution in [3.8, 4) is 5.75 Å². The average molecular weight is 266 g/mol. The van der Waals surface area contributed by atoms with Crippen molar-refractivity contribution >= 4 is 0 Å². The molecule has 0 fully saturated rings. The highest BCUT2D eigenvalue weighted by Crippen LogP contribution is 2.17. The van der Waals surface area contributed by atoms with E-state index in [-0.39, 0.29) is 11.4 Å². The van der Waals surface area contributed by atoms with Gasteiger partial charge in [0.05, 0.1) is 0 Å². The molecule has 0 spiro atoms. The molecule has 19 heavy (non-hydrogen) atoms. The summed E-state index contributed by atoms with van der Waals surface area (Å²) in [4.78, 5) is 11.0. The Morgan fingerprint density at radius 2 is 1.53 bits per heavy atom. The number of hydrogen-bond donors (Lipinski definition) is 1. The summed E-state index contributed by atoms with van der Waals surface area (Å²) >= 11 is 0. The van der Waals surface area contributed by atoms with Crippen molar-refractivity contribution in [2.45, 2.75) is 71.1 Å². The van der Waals surface area contributed by atoms with Crippen LogP contribution in [0.4, 0.5) is 0 Å². The fourth-order valence-corrected chi connectivity index (χ4v) is 2.22. The van der Waals surface area contributed by atoms with Crippen LogP contribution in [0.3, 0.4) is 0 Å². The molecule has 0 aliphatic rings. The second-order valence-electron chi connectivity index (χ2n) is 5.14. The van der Waals surface area contributed by atoms with Gasteiger partial charge in [-0.15, -0.1) is 0 Å². The Hall–Kier alpha value is -1.25. The van der Waals surface area contributed by atoms with E-state index in [1.165, 1.54) is 57.1 Å². The lowest BCUT2D eigenvalue weighted by molar-refractivity contribution is 0.384. The first-order chi connectivity index (χ1) is 9.24. The minimum absolute atomic E-state index is 0.0964. The summed E-state index contributed by atoms with van der Waals surface area (Å²) in [7, 11) is 0. The summed E-state index contributed by atoms with van der Waals surface area (Å²) < 4.78 is 4.97. The van der Waals surface area contributed by atoms with Crippen LogP contribution in [0.2, 0.25) is 0 Å².